The van der Waals surface area contributed by atoms with Crippen LogP contribution in [0.25, 0.3) is 10.8 Å². The molecule has 2 aromatic rings. The summed E-state index contributed by atoms with van der Waals surface area (Å²) < 4.78 is 0. The number of aryl methyl sites for hydroxylation is 2. The minimum atomic E-state index is 0.849. The fourth-order valence-corrected chi connectivity index (χ4v) is 1.73. The predicted octanol–water partition coefficient (Wildman–Crippen LogP) is 4.11. The van der Waals surface area contributed by atoms with Crippen molar-refractivity contribution in [1.29, 1.82) is 0 Å². The number of hydrogen-bond acceptors (Lipinski definition) is 0. The summed E-state index contributed by atoms with van der Waals surface area (Å²) in [6.07, 6.45) is 0. The van der Waals surface area contributed by atoms with E-state index in [0.29, 0.717) is 0 Å². The molecule has 0 saturated heterocycles. The van der Waals surface area contributed by atoms with Crippen LogP contribution in [0.2, 0.25) is 5.02 Å². The highest BCUT2D eigenvalue weighted by Crippen LogP contribution is 2.25. The Morgan fingerprint density at radius 1 is 1.00 bits per heavy atom. The first-order valence-electron chi connectivity index (χ1n) is 4.34. The minimum Gasteiger partial charge on any atom is -0.0840 e. The van der Waals surface area contributed by atoms with Crippen LogP contribution in [-0.2, 0) is 0 Å². The monoisotopic (exact) mass is 190 g/mol. The molecule has 1 heteroatoms. The van der Waals surface area contributed by atoms with Crippen LogP contribution in [-0.4, -0.2) is 0 Å². The lowest BCUT2D eigenvalue weighted by Gasteiger charge is -2.04. The standard InChI is InChI=1S/C12H11Cl/c1-8-4-3-5-10-6-9(2)12(13)7-11(8)10/h3-7H,1-2H3. The molecule has 0 bridgehead atoms. The first-order valence-corrected chi connectivity index (χ1v) is 4.72. The second kappa shape index (κ2) is 3.04. The molecule has 13 heavy (non-hydrogen) atoms. The molecule has 2 aromatic carbocycles. The van der Waals surface area contributed by atoms with E-state index in [1.165, 1.54) is 16.3 Å². The molecule has 2 rings (SSSR count). The lowest BCUT2D eigenvalue weighted by atomic mass is 10.0. The fraction of sp³-hybridized carbons (Fsp3) is 0.167. The molecule has 0 nitrogen and oxygen atoms in total. The van der Waals surface area contributed by atoms with E-state index in [0.717, 1.165) is 10.6 Å². The molecular weight excluding hydrogens is 180 g/mol. The highest BCUT2D eigenvalue weighted by molar-refractivity contribution is 6.32. The summed E-state index contributed by atoms with van der Waals surface area (Å²) in [5, 5.41) is 3.36. The van der Waals surface area contributed by atoms with Crippen molar-refractivity contribution >= 4 is 22.4 Å². The van der Waals surface area contributed by atoms with Crippen LogP contribution in [0, 0.1) is 13.8 Å². The van der Waals surface area contributed by atoms with Crippen molar-refractivity contribution in [2.45, 2.75) is 13.8 Å². The molecule has 66 valence electrons. The van der Waals surface area contributed by atoms with E-state index in [9.17, 15) is 0 Å². The molecule has 0 aliphatic rings. The van der Waals surface area contributed by atoms with E-state index < -0.39 is 0 Å². The molecule has 0 saturated carbocycles. The van der Waals surface area contributed by atoms with Crippen molar-refractivity contribution in [2.24, 2.45) is 0 Å². The number of fused-ring (bicyclic) bond motifs is 1. The fourth-order valence-electron chi connectivity index (χ4n) is 1.57. The van der Waals surface area contributed by atoms with Crippen LogP contribution in [0.3, 0.4) is 0 Å². The SMILES string of the molecule is Cc1cc2cccc(C)c2cc1Cl. The zero-order valence-electron chi connectivity index (χ0n) is 7.76. The van der Waals surface area contributed by atoms with Crippen LogP contribution in [0.5, 0.6) is 0 Å². The van der Waals surface area contributed by atoms with Crippen molar-refractivity contribution in [1.82, 2.24) is 0 Å². The van der Waals surface area contributed by atoms with E-state index in [1.54, 1.807) is 0 Å². The second-order valence-corrected chi connectivity index (χ2v) is 3.80. The number of hydrogen-bond donors (Lipinski definition) is 0. The van der Waals surface area contributed by atoms with E-state index >= 15 is 0 Å². The third kappa shape index (κ3) is 1.42. The smallest absolute Gasteiger partial charge is 0.0441 e. The molecule has 0 aromatic heterocycles. The maximum Gasteiger partial charge on any atom is 0.0441 e. The van der Waals surface area contributed by atoms with Crippen molar-refractivity contribution in [2.75, 3.05) is 0 Å². The van der Waals surface area contributed by atoms with Gasteiger partial charge in [0.05, 0.1) is 0 Å². The molecule has 0 unspecified atom stereocenters. The van der Waals surface area contributed by atoms with Crippen molar-refractivity contribution in [3.63, 3.8) is 0 Å². The average molecular weight is 191 g/mol. The van der Waals surface area contributed by atoms with Gasteiger partial charge in [0.15, 0.2) is 0 Å². The summed E-state index contributed by atoms with van der Waals surface area (Å²) in [5.74, 6) is 0. The summed E-state index contributed by atoms with van der Waals surface area (Å²) in [4.78, 5) is 0. The quantitative estimate of drug-likeness (QED) is 0.587. The van der Waals surface area contributed by atoms with Crippen LogP contribution < -0.4 is 0 Å². The van der Waals surface area contributed by atoms with E-state index in [2.05, 4.69) is 31.2 Å². The van der Waals surface area contributed by atoms with Gasteiger partial charge in [-0.25, -0.2) is 0 Å². The zero-order valence-corrected chi connectivity index (χ0v) is 8.52. The number of rotatable bonds is 0. The average Bonchev–Trinajstić information content (AvgIpc) is 2.09. The first-order chi connectivity index (χ1) is 6.18. The van der Waals surface area contributed by atoms with Gasteiger partial charge in [-0.15, -0.1) is 0 Å². The third-order valence-electron chi connectivity index (χ3n) is 2.38. The van der Waals surface area contributed by atoms with Gasteiger partial charge in [-0.2, -0.15) is 0 Å². The molecule has 0 aliphatic heterocycles. The van der Waals surface area contributed by atoms with Gasteiger partial charge >= 0.3 is 0 Å². The molecule has 0 radical (unpaired) electrons. The molecule has 0 heterocycles. The Labute approximate surface area is 83.1 Å². The van der Waals surface area contributed by atoms with Crippen LogP contribution in [0.1, 0.15) is 11.1 Å². The van der Waals surface area contributed by atoms with Gasteiger partial charge in [0, 0.05) is 5.02 Å². The van der Waals surface area contributed by atoms with Gasteiger partial charge < -0.3 is 0 Å². The van der Waals surface area contributed by atoms with E-state index in [1.807, 2.05) is 13.0 Å². The van der Waals surface area contributed by atoms with Gasteiger partial charge in [0.25, 0.3) is 0 Å². The maximum absolute atomic E-state index is 6.06. The van der Waals surface area contributed by atoms with Gasteiger partial charge in [-0.1, -0.05) is 29.8 Å². The Morgan fingerprint density at radius 2 is 1.77 bits per heavy atom. The first kappa shape index (κ1) is 8.58. The van der Waals surface area contributed by atoms with E-state index in [4.69, 9.17) is 11.6 Å². The molecule has 0 fully saturated rings. The van der Waals surface area contributed by atoms with Crippen molar-refractivity contribution < 1.29 is 0 Å². The molecule has 0 atom stereocenters. The molecular formula is C12H11Cl. The predicted molar refractivity (Wildman–Crippen MR) is 58.4 cm³/mol. The van der Waals surface area contributed by atoms with Crippen LogP contribution >= 0.6 is 11.6 Å². The van der Waals surface area contributed by atoms with Crippen molar-refractivity contribution in [3.8, 4) is 0 Å². The molecule has 0 N–H and O–H groups in total. The summed E-state index contributed by atoms with van der Waals surface area (Å²) >= 11 is 6.06. The lowest BCUT2D eigenvalue weighted by Crippen LogP contribution is -1.81. The second-order valence-electron chi connectivity index (χ2n) is 3.40. The highest BCUT2D eigenvalue weighted by atomic mass is 35.5. The topological polar surface area (TPSA) is 0 Å². The summed E-state index contributed by atoms with van der Waals surface area (Å²) in [6.45, 7) is 4.14. The molecule has 0 spiro atoms. The maximum atomic E-state index is 6.06. The summed E-state index contributed by atoms with van der Waals surface area (Å²) in [5.41, 5.74) is 2.42. The number of benzene rings is 2. The molecule has 0 aliphatic carbocycles. The largest absolute Gasteiger partial charge is 0.0840 e. The summed E-state index contributed by atoms with van der Waals surface area (Å²) in [7, 11) is 0. The van der Waals surface area contributed by atoms with E-state index in [-0.39, 0.29) is 0 Å². The van der Waals surface area contributed by atoms with Crippen molar-refractivity contribution in [3.05, 3.63) is 46.5 Å². The highest BCUT2D eigenvalue weighted by Gasteiger charge is 2.00. The van der Waals surface area contributed by atoms with Gasteiger partial charge in [-0.3, -0.25) is 0 Å². The molecule has 0 amide bonds. The Bertz CT molecular complexity index is 458. The zero-order chi connectivity index (χ0) is 9.42. The van der Waals surface area contributed by atoms with Gasteiger partial charge in [0.2, 0.25) is 0 Å². The number of halogens is 1. The third-order valence-corrected chi connectivity index (χ3v) is 2.78. The Morgan fingerprint density at radius 3 is 2.54 bits per heavy atom. The normalized spacial score (nSPS) is 10.7. The van der Waals surface area contributed by atoms with Gasteiger partial charge in [0.1, 0.15) is 0 Å². The van der Waals surface area contributed by atoms with Gasteiger partial charge in [-0.05, 0) is 47.9 Å². The minimum absolute atomic E-state index is 0.849. The Kier molecular flexibility index (Phi) is 2.01. The summed E-state index contributed by atoms with van der Waals surface area (Å²) in [6, 6.07) is 10.5. The van der Waals surface area contributed by atoms with Crippen LogP contribution in [0.4, 0.5) is 0 Å². The van der Waals surface area contributed by atoms with Crippen LogP contribution in [0.15, 0.2) is 30.3 Å². The Hall–Kier alpha value is -1.01. The lowest BCUT2D eigenvalue weighted by molar-refractivity contribution is 1.47. The Balaban J connectivity index is 2.89.